The van der Waals surface area contributed by atoms with Crippen LogP contribution in [0.25, 0.3) is 11.7 Å². The SMILES string of the molecule is C=CC1CC(/C=C/c2ccccc2)[C@@H]2C(=O)N(CCCCCC(=O)N(CCC(=O)NCCO)Cc3cn(CCC(=O)OC[C@@H]4CCCN4C(=O)OC(C)[n+]4nc(C)n5nc(N6CCC(c7ccc(OCCN8CCN(C)C(=O)[C@@H]8C)cc7)CC6)ccc54)nn3)C(=O)[C@H]12.[CH-]1CCCO1.[I-].[Ru+]. The van der Waals surface area contributed by atoms with Crippen LogP contribution >= 0.6 is 0 Å². The van der Waals surface area contributed by atoms with Crippen LogP contribution in [0, 0.1) is 37.2 Å². The summed E-state index contributed by atoms with van der Waals surface area (Å²) in [5, 5.41) is 30.0. The van der Waals surface area contributed by atoms with E-state index in [2.05, 4.69) is 50.2 Å². The summed E-state index contributed by atoms with van der Waals surface area (Å²) in [5.41, 5.74) is 3.42. The fourth-order valence-electron chi connectivity index (χ4n) is 14.0. The monoisotopic (exact) mass is 1570 g/mol. The quantitative estimate of drug-likeness (QED) is 0.0102. The van der Waals surface area contributed by atoms with Crippen molar-refractivity contribution in [2.75, 3.05) is 97.3 Å². The van der Waals surface area contributed by atoms with Gasteiger partial charge >= 0.3 is 37.2 Å². The number of aliphatic hydroxyl groups is 1. The minimum Gasteiger partial charge on any atom is -1.00 e. The zero-order valence-electron chi connectivity index (χ0n) is 57.3. The number of fused-ring (bicyclic) bond motifs is 2. The number of nitrogens with one attached hydrogen (secondary N) is 1. The topological polar surface area (TPSA) is 273 Å². The Kier molecular flexibility index (Phi) is 29.7. The first-order valence-corrected chi connectivity index (χ1v) is 34.6. The Hall–Kier alpha value is -7.27. The molecule has 537 valence electrons. The molecule has 2 N–H and O–H groups in total. The molecule has 1 aliphatic carbocycles. The van der Waals surface area contributed by atoms with Crippen molar-refractivity contribution >= 4 is 59.1 Å². The fourth-order valence-corrected chi connectivity index (χ4v) is 14.0. The van der Waals surface area contributed by atoms with Crippen LogP contribution in [0.1, 0.15) is 132 Å². The molecule has 5 aromatic rings. The van der Waals surface area contributed by atoms with Gasteiger partial charge in [0, 0.05) is 105 Å². The molecule has 11 rings (SSSR count). The largest absolute Gasteiger partial charge is 1.00 e. The van der Waals surface area contributed by atoms with Gasteiger partial charge in [-0.2, -0.15) is 6.42 Å². The van der Waals surface area contributed by atoms with Gasteiger partial charge in [-0.15, -0.1) is 11.7 Å². The molecular weight excluding hydrogens is 1470 g/mol. The molecule has 6 amide bonds. The number of halogens is 1. The van der Waals surface area contributed by atoms with E-state index in [0.29, 0.717) is 81.3 Å². The molecule has 3 unspecified atom stereocenters. The van der Waals surface area contributed by atoms with Crippen LogP contribution in [0.3, 0.4) is 0 Å². The number of likely N-dealkylation sites (N-methyl/N-ethyl adjacent to an activating group) is 1. The number of carbonyl (C=O) groups excluding carboxylic acids is 7. The molecule has 8 heterocycles. The van der Waals surface area contributed by atoms with Gasteiger partial charge < -0.3 is 72.9 Å². The number of benzene rings is 2. The van der Waals surface area contributed by atoms with Gasteiger partial charge in [0.05, 0.1) is 56.2 Å². The first-order valence-electron chi connectivity index (χ1n) is 34.6. The number of unbranched alkanes of at least 4 members (excludes halogenated alkanes) is 2. The summed E-state index contributed by atoms with van der Waals surface area (Å²) in [7, 11) is 1.85. The number of rotatable bonds is 29. The Balaban J connectivity index is 0.00000171. The molecule has 5 aliphatic heterocycles. The molecule has 7 atom stereocenters. The number of allylic oxidation sites excluding steroid dienone is 2. The van der Waals surface area contributed by atoms with Crippen molar-refractivity contribution in [3.05, 3.63) is 121 Å². The van der Waals surface area contributed by atoms with Gasteiger partial charge in [0.2, 0.25) is 29.5 Å². The number of aromatic nitrogens is 7. The first kappa shape index (κ1) is 77.5. The van der Waals surface area contributed by atoms with E-state index in [1.807, 2.05) is 88.2 Å². The number of amides is 6. The van der Waals surface area contributed by atoms with Gasteiger partial charge in [0.15, 0.2) is 5.82 Å². The van der Waals surface area contributed by atoms with Crippen molar-refractivity contribution in [1.82, 2.24) is 59.5 Å². The predicted octanol–water partition coefficient (Wildman–Crippen LogP) is 3.08. The molecule has 1 saturated carbocycles. The maximum Gasteiger partial charge on any atom is 1.00 e. The third-order valence-electron chi connectivity index (χ3n) is 19.5. The number of aryl methyl sites for hydroxylation is 2. The van der Waals surface area contributed by atoms with Crippen LogP contribution in [-0.4, -0.2) is 205 Å². The van der Waals surface area contributed by atoms with Crippen molar-refractivity contribution in [3.63, 3.8) is 0 Å². The van der Waals surface area contributed by atoms with Gasteiger partial charge in [-0.05, 0) is 104 Å². The van der Waals surface area contributed by atoms with Crippen molar-refractivity contribution in [3.8, 4) is 5.75 Å². The fraction of sp³-hybridized carbons (Fsp3) is 0.563. The van der Waals surface area contributed by atoms with E-state index in [4.69, 9.17) is 29.1 Å². The van der Waals surface area contributed by atoms with Crippen LogP contribution in [0.2, 0.25) is 0 Å². The summed E-state index contributed by atoms with van der Waals surface area (Å²) in [6, 6.07) is 21.7. The summed E-state index contributed by atoms with van der Waals surface area (Å²) in [6.07, 6.45) is 14.3. The van der Waals surface area contributed by atoms with E-state index in [0.717, 1.165) is 69.2 Å². The van der Waals surface area contributed by atoms with Crippen LogP contribution in [0.15, 0.2) is 91.7 Å². The number of likely N-dealkylation sites (tertiary alicyclic amines) is 2. The number of hydrogen-bond donors (Lipinski definition) is 2. The smallest absolute Gasteiger partial charge is 1.00 e. The minimum absolute atomic E-state index is 0. The molecule has 6 aliphatic rings. The average molecular weight is 1570 g/mol. The summed E-state index contributed by atoms with van der Waals surface area (Å²) in [5.74, 6) is 0.507. The molecule has 28 heteroatoms. The molecule has 5 saturated heterocycles. The first-order chi connectivity index (χ1) is 47.1. The number of imide groups is 1. The number of piperidine rings is 1. The van der Waals surface area contributed by atoms with Crippen LogP contribution in [-0.2, 0) is 75.5 Å². The van der Waals surface area contributed by atoms with Gasteiger partial charge in [-0.3, -0.25) is 43.2 Å². The van der Waals surface area contributed by atoms with Crippen LogP contribution < -0.4 is 43.6 Å². The van der Waals surface area contributed by atoms with Crippen LogP contribution in [0.4, 0.5) is 10.6 Å². The number of anilines is 1. The molecule has 26 nitrogen and oxygen atoms in total. The predicted molar refractivity (Wildman–Crippen MR) is 358 cm³/mol. The van der Waals surface area contributed by atoms with Crippen molar-refractivity contribution < 1.29 is 106 Å². The van der Waals surface area contributed by atoms with E-state index in [1.54, 1.807) is 38.2 Å². The summed E-state index contributed by atoms with van der Waals surface area (Å²) >= 11 is 0. The Morgan fingerprint density at radius 2 is 1.66 bits per heavy atom. The Morgan fingerprint density at radius 3 is 2.37 bits per heavy atom. The molecule has 6 fully saturated rings. The van der Waals surface area contributed by atoms with E-state index in [1.165, 1.54) is 26.5 Å². The molecule has 99 heavy (non-hydrogen) atoms. The normalized spacial score (nSPS) is 21.2. The zero-order chi connectivity index (χ0) is 68.4. The van der Waals surface area contributed by atoms with E-state index in [9.17, 15) is 38.7 Å². The number of hydrogen-bond acceptors (Lipinski definition) is 18. The van der Waals surface area contributed by atoms with E-state index < -0.39 is 30.1 Å². The summed E-state index contributed by atoms with van der Waals surface area (Å²) in [6.45, 7) is 17.7. The van der Waals surface area contributed by atoms with Gasteiger partial charge in [0.1, 0.15) is 24.7 Å². The van der Waals surface area contributed by atoms with Crippen LogP contribution in [0.5, 0.6) is 5.75 Å². The van der Waals surface area contributed by atoms with Crippen molar-refractivity contribution in [1.29, 1.82) is 0 Å². The number of ether oxygens (including phenoxy) is 4. The second kappa shape index (κ2) is 38.0. The third-order valence-corrected chi connectivity index (χ3v) is 19.5. The van der Waals surface area contributed by atoms with Crippen molar-refractivity contribution in [2.24, 2.45) is 23.7 Å². The molecule has 2 aromatic carbocycles. The Bertz CT molecular complexity index is 3520. The Labute approximate surface area is 609 Å². The molecule has 0 spiro atoms. The number of esters is 1. The number of aliphatic hydroxyl groups excluding tert-OH is 1. The zero-order valence-corrected chi connectivity index (χ0v) is 61.2. The number of carbonyl (C=O) groups is 7. The van der Waals surface area contributed by atoms with Crippen molar-refractivity contribution in [2.45, 2.75) is 142 Å². The second-order valence-electron chi connectivity index (χ2n) is 26.1. The van der Waals surface area contributed by atoms with Gasteiger partial charge in [-0.25, -0.2) is 11.4 Å². The minimum atomic E-state index is -0.775. The maximum atomic E-state index is 13.7. The Morgan fingerprint density at radius 1 is 0.889 bits per heavy atom. The molecule has 1 radical (unpaired) electrons. The number of piperazine rings is 1. The van der Waals surface area contributed by atoms with E-state index >= 15 is 0 Å². The maximum absolute atomic E-state index is 13.7. The number of nitrogens with zero attached hydrogens (tertiary/aromatic N) is 13. The summed E-state index contributed by atoms with van der Waals surface area (Å²) in [4.78, 5) is 104. The average Bonchev–Trinajstić information content (AvgIpc) is 1.59. The van der Waals surface area contributed by atoms with E-state index in [-0.39, 0.29) is 162 Å². The summed E-state index contributed by atoms with van der Waals surface area (Å²) < 4.78 is 27.5. The van der Waals surface area contributed by atoms with Gasteiger partial charge in [-0.1, -0.05) is 93.0 Å². The van der Waals surface area contributed by atoms with Gasteiger partial charge in [0.25, 0.3) is 12.1 Å². The third kappa shape index (κ3) is 20.5. The standard InChI is InChI=1S/C67H88N14O11.C4H7O.HI.Ru/c1-6-50-42-53(19-18-49-14-9-7-10-15-49)63-62(50)65(87)79(66(63)88)31-12-8-11-17-60(84)76(35-28-58(83)68-30-40-82)43-54-44-77(72-69-54)36-29-61(85)91-45-55-16-13-32-78(55)67(89)92-48(4)81-59-25-24-57(71-80(59)47(3)70-81)75-33-26-52(27-34-75)51-20-22-56(23-21-51)90-41-39-74-38-37-73(5)64(86)46(74)2;1-2-4-5-3-1;;/h6-7,9-10,14-15,18-25,44,46,48,50,52-53,55,62-63,82H,1,8,11-13,16-17,26-43,45H2,2-5H3;3H,1-2,4H2;1H;/q;-1;;+1/b19-18+;;;/t46-,48?,50?,53?,55-,62+,63-;;;/m0.../s1. The molecule has 3 aromatic heterocycles. The molecule has 0 bridgehead atoms. The molecular formula is C71H96IN14O12Ru. The second-order valence-corrected chi connectivity index (χ2v) is 26.1.